The molecule has 1 saturated heterocycles. The Bertz CT molecular complexity index is 968. The summed E-state index contributed by atoms with van der Waals surface area (Å²) in [5.41, 5.74) is 2.41. The van der Waals surface area contributed by atoms with E-state index in [9.17, 15) is 17.6 Å². The second-order valence-electron chi connectivity index (χ2n) is 7.90. The zero-order valence-corrected chi connectivity index (χ0v) is 18.3. The summed E-state index contributed by atoms with van der Waals surface area (Å²) in [6, 6.07) is 14.0. The zero-order chi connectivity index (χ0) is 21.7. The molecule has 1 N–H and O–H groups in total. The molecule has 3 rings (SSSR count). The van der Waals surface area contributed by atoms with Gasteiger partial charge in [-0.3, -0.25) is 4.79 Å². The van der Waals surface area contributed by atoms with Crippen LogP contribution in [0.3, 0.4) is 0 Å². The number of aryl methyl sites for hydroxylation is 1. The number of rotatable bonds is 7. The first-order valence-electron chi connectivity index (χ1n) is 10.4. The van der Waals surface area contributed by atoms with Gasteiger partial charge >= 0.3 is 0 Å². The minimum absolute atomic E-state index is 0.0337. The van der Waals surface area contributed by atoms with E-state index in [2.05, 4.69) is 5.32 Å². The SMILES string of the molecule is CCC(NC(=O)C1CCN(S(=O)(=O)Cc2ccccc2F)CC1)c1ccc(C)cc1. The molecule has 0 radical (unpaired) electrons. The normalized spacial score (nSPS) is 16.9. The quantitative estimate of drug-likeness (QED) is 0.721. The summed E-state index contributed by atoms with van der Waals surface area (Å²) >= 11 is 0. The zero-order valence-electron chi connectivity index (χ0n) is 17.5. The number of hydrogen-bond donors (Lipinski definition) is 1. The molecule has 162 valence electrons. The van der Waals surface area contributed by atoms with Crippen LogP contribution in [0.25, 0.3) is 0 Å². The summed E-state index contributed by atoms with van der Waals surface area (Å²) < 4.78 is 40.6. The average molecular weight is 433 g/mol. The Labute approximate surface area is 178 Å². The predicted molar refractivity (Wildman–Crippen MR) is 116 cm³/mol. The highest BCUT2D eigenvalue weighted by Gasteiger charge is 2.32. The second-order valence-corrected chi connectivity index (χ2v) is 9.87. The van der Waals surface area contributed by atoms with Crippen LogP contribution >= 0.6 is 0 Å². The van der Waals surface area contributed by atoms with Gasteiger partial charge in [0.2, 0.25) is 15.9 Å². The third kappa shape index (κ3) is 5.46. The molecule has 1 unspecified atom stereocenters. The van der Waals surface area contributed by atoms with Crippen LogP contribution < -0.4 is 5.32 Å². The van der Waals surface area contributed by atoms with Gasteiger partial charge < -0.3 is 5.32 Å². The number of halogens is 1. The van der Waals surface area contributed by atoms with Gasteiger partial charge in [0.25, 0.3) is 0 Å². The van der Waals surface area contributed by atoms with E-state index < -0.39 is 15.8 Å². The standard InChI is InChI=1S/C23H29FN2O3S/c1-3-22(18-10-8-17(2)9-11-18)25-23(27)19-12-14-26(15-13-19)30(28,29)16-20-6-4-5-7-21(20)24/h4-11,19,22H,3,12-16H2,1-2H3,(H,25,27). The van der Waals surface area contributed by atoms with Crippen LogP contribution in [-0.2, 0) is 20.6 Å². The fourth-order valence-corrected chi connectivity index (χ4v) is 5.39. The largest absolute Gasteiger partial charge is 0.349 e. The van der Waals surface area contributed by atoms with Gasteiger partial charge in [-0.25, -0.2) is 17.1 Å². The molecule has 0 aliphatic carbocycles. The number of piperidine rings is 1. The van der Waals surface area contributed by atoms with Crippen molar-refractivity contribution in [2.45, 2.75) is 44.9 Å². The van der Waals surface area contributed by atoms with Gasteiger partial charge in [0.1, 0.15) is 5.82 Å². The molecule has 2 aromatic carbocycles. The van der Waals surface area contributed by atoms with Crippen molar-refractivity contribution in [3.8, 4) is 0 Å². The lowest BCUT2D eigenvalue weighted by Gasteiger charge is -2.31. The highest BCUT2D eigenvalue weighted by Crippen LogP contribution is 2.24. The molecule has 30 heavy (non-hydrogen) atoms. The number of carbonyl (C=O) groups excluding carboxylic acids is 1. The third-order valence-corrected chi connectivity index (χ3v) is 7.55. The van der Waals surface area contributed by atoms with Gasteiger partial charge in [-0.2, -0.15) is 0 Å². The molecule has 1 atom stereocenters. The minimum atomic E-state index is -3.62. The van der Waals surface area contributed by atoms with E-state index in [-0.39, 0.29) is 42.3 Å². The van der Waals surface area contributed by atoms with Crippen molar-refractivity contribution in [3.05, 3.63) is 71.0 Å². The summed E-state index contributed by atoms with van der Waals surface area (Å²) in [6.45, 7) is 4.60. The Morgan fingerprint density at radius 2 is 1.77 bits per heavy atom. The number of benzene rings is 2. The van der Waals surface area contributed by atoms with E-state index in [0.29, 0.717) is 12.8 Å². The van der Waals surface area contributed by atoms with E-state index in [1.54, 1.807) is 6.07 Å². The Morgan fingerprint density at radius 1 is 1.13 bits per heavy atom. The predicted octanol–water partition coefficient (Wildman–Crippen LogP) is 3.94. The van der Waals surface area contributed by atoms with E-state index >= 15 is 0 Å². The van der Waals surface area contributed by atoms with Crippen molar-refractivity contribution < 1.29 is 17.6 Å². The number of amides is 1. The van der Waals surface area contributed by atoms with Crippen molar-refractivity contribution in [1.29, 1.82) is 0 Å². The number of sulfonamides is 1. The lowest BCUT2D eigenvalue weighted by Crippen LogP contribution is -2.44. The van der Waals surface area contributed by atoms with Gasteiger partial charge in [0.05, 0.1) is 11.8 Å². The summed E-state index contributed by atoms with van der Waals surface area (Å²) in [5.74, 6) is -1.13. The molecule has 0 spiro atoms. The van der Waals surface area contributed by atoms with E-state index in [1.807, 2.05) is 38.1 Å². The van der Waals surface area contributed by atoms with Crippen molar-refractivity contribution in [2.75, 3.05) is 13.1 Å². The topological polar surface area (TPSA) is 66.5 Å². The first kappa shape index (κ1) is 22.4. The molecule has 5 nitrogen and oxygen atoms in total. The molecule has 1 amide bonds. The lowest BCUT2D eigenvalue weighted by atomic mass is 9.95. The van der Waals surface area contributed by atoms with Gasteiger partial charge in [-0.05, 0) is 37.8 Å². The van der Waals surface area contributed by atoms with Crippen LogP contribution in [0.5, 0.6) is 0 Å². The molecule has 1 aliphatic rings. The Kier molecular flexibility index (Phi) is 7.26. The molecule has 7 heteroatoms. The Morgan fingerprint density at radius 3 is 2.37 bits per heavy atom. The Balaban J connectivity index is 1.57. The van der Waals surface area contributed by atoms with Crippen LogP contribution in [0.2, 0.25) is 0 Å². The highest BCUT2D eigenvalue weighted by molar-refractivity contribution is 7.88. The molecule has 1 aliphatic heterocycles. The van der Waals surface area contributed by atoms with E-state index in [4.69, 9.17) is 0 Å². The van der Waals surface area contributed by atoms with Crippen LogP contribution in [0, 0.1) is 18.7 Å². The molecule has 0 bridgehead atoms. The van der Waals surface area contributed by atoms with Crippen LogP contribution in [-0.4, -0.2) is 31.7 Å². The van der Waals surface area contributed by atoms with Gasteiger partial charge in [-0.15, -0.1) is 0 Å². The first-order valence-corrected chi connectivity index (χ1v) is 12.0. The number of hydrogen-bond acceptors (Lipinski definition) is 3. The maximum Gasteiger partial charge on any atom is 0.223 e. The van der Waals surface area contributed by atoms with E-state index in [0.717, 1.165) is 12.0 Å². The van der Waals surface area contributed by atoms with Crippen molar-refractivity contribution in [2.24, 2.45) is 5.92 Å². The third-order valence-electron chi connectivity index (χ3n) is 5.72. The fraction of sp³-hybridized carbons (Fsp3) is 0.435. The molecule has 1 fully saturated rings. The summed E-state index contributed by atoms with van der Waals surface area (Å²) in [5, 5.41) is 3.12. The van der Waals surface area contributed by atoms with Crippen molar-refractivity contribution >= 4 is 15.9 Å². The average Bonchev–Trinajstić information content (AvgIpc) is 2.74. The molecular weight excluding hydrogens is 403 g/mol. The monoisotopic (exact) mass is 432 g/mol. The highest BCUT2D eigenvalue weighted by atomic mass is 32.2. The smallest absolute Gasteiger partial charge is 0.223 e. The number of nitrogens with zero attached hydrogens (tertiary/aromatic N) is 1. The van der Waals surface area contributed by atoms with Crippen molar-refractivity contribution in [1.82, 2.24) is 9.62 Å². The Hall–Kier alpha value is -2.25. The van der Waals surface area contributed by atoms with Crippen LogP contribution in [0.15, 0.2) is 48.5 Å². The molecular formula is C23H29FN2O3S. The van der Waals surface area contributed by atoms with Crippen molar-refractivity contribution in [3.63, 3.8) is 0 Å². The van der Waals surface area contributed by atoms with Gasteiger partial charge in [0.15, 0.2) is 0 Å². The van der Waals surface area contributed by atoms with Crippen LogP contribution in [0.1, 0.15) is 48.9 Å². The molecule has 2 aromatic rings. The molecule has 0 aromatic heterocycles. The lowest BCUT2D eigenvalue weighted by molar-refractivity contribution is -0.126. The molecule has 1 heterocycles. The van der Waals surface area contributed by atoms with E-state index in [1.165, 1.54) is 28.1 Å². The van der Waals surface area contributed by atoms with Crippen LogP contribution in [0.4, 0.5) is 4.39 Å². The number of carbonyl (C=O) groups is 1. The summed E-state index contributed by atoms with van der Waals surface area (Å²) in [4.78, 5) is 12.8. The summed E-state index contributed by atoms with van der Waals surface area (Å²) in [6.07, 6.45) is 1.71. The van der Waals surface area contributed by atoms with Gasteiger partial charge in [0, 0.05) is 24.6 Å². The minimum Gasteiger partial charge on any atom is -0.349 e. The summed E-state index contributed by atoms with van der Waals surface area (Å²) in [7, 11) is -3.62. The molecule has 0 saturated carbocycles. The first-order chi connectivity index (χ1) is 14.3. The maximum absolute atomic E-state index is 13.8. The van der Waals surface area contributed by atoms with Gasteiger partial charge in [-0.1, -0.05) is 55.0 Å². The second kappa shape index (κ2) is 9.71. The maximum atomic E-state index is 13.8. The number of nitrogens with one attached hydrogen (secondary N) is 1. The fourth-order valence-electron chi connectivity index (χ4n) is 3.81.